The van der Waals surface area contributed by atoms with Gasteiger partial charge in [-0.3, -0.25) is 4.79 Å². The zero-order chi connectivity index (χ0) is 13.9. The van der Waals surface area contributed by atoms with Crippen LogP contribution in [0.4, 0.5) is 5.82 Å². The number of fused-ring (bicyclic) bond motifs is 1. The number of nitrogens with zero attached hydrogens (tertiary/aromatic N) is 1. The molecule has 3 rings (SSSR count). The Morgan fingerprint density at radius 3 is 3.15 bits per heavy atom. The van der Waals surface area contributed by atoms with Crippen molar-refractivity contribution in [2.24, 2.45) is 5.92 Å². The van der Waals surface area contributed by atoms with E-state index in [0.29, 0.717) is 29.4 Å². The van der Waals surface area contributed by atoms with Gasteiger partial charge in [0.15, 0.2) is 0 Å². The van der Waals surface area contributed by atoms with E-state index < -0.39 is 0 Å². The lowest BCUT2D eigenvalue weighted by atomic mass is 9.82. The lowest BCUT2D eigenvalue weighted by Crippen LogP contribution is -2.39. The minimum Gasteiger partial charge on any atom is -0.378 e. The Morgan fingerprint density at radius 1 is 1.40 bits per heavy atom. The number of carbonyl (C=O) groups excluding carboxylic acids is 1. The summed E-state index contributed by atoms with van der Waals surface area (Å²) in [7, 11) is 1.64. The van der Waals surface area contributed by atoms with Gasteiger partial charge in [-0.25, -0.2) is 4.98 Å². The lowest BCUT2D eigenvalue weighted by molar-refractivity contribution is 0.0619. The summed E-state index contributed by atoms with van der Waals surface area (Å²) in [5, 5.41) is 6.15. The maximum Gasteiger partial charge on any atom is 0.254 e. The molecule has 1 aromatic rings. The molecule has 5 heteroatoms. The first-order valence-electron chi connectivity index (χ1n) is 7.35. The maximum atomic E-state index is 11.9. The number of hydrogen-bond donors (Lipinski definition) is 2. The topological polar surface area (TPSA) is 63.2 Å². The fourth-order valence-electron chi connectivity index (χ4n) is 3.37. The molecule has 0 radical (unpaired) electrons. The molecule has 1 aliphatic heterocycles. The monoisotopic (exact) mass is 275 g/mol. The number of aromatic nitrogens is 1. The van der Waals surface area contributed by atoms with Crippen LogP contribution in [0, 0.1) is 5.92 Å². The average Bonchev–Trinajstić information content (AvgIpc) is 2.96. The van der Waals surface area contributed by atoms with E-state index in [1.54, 1.807) is 25.4 Å². The van der Waals surface area contributed by atoms with Crippen molar-refractivity contribution in [3.63, 3.8) is 0 Å². The molecule has 1 aromatic heterocycles. The van der Waals surface area contributed by atoms with E-state index in [4.69, 9.17) is 4.74 Å². The minimum absolute atomic E-state index is 0.101. The SMILES string of the molecule is CNC(=O)c1cccnc1N[C@@H]1CCC[C@H]2OCC[C@H]12. The highest BCUT2D eigenvalue weighted by molar-refractivity contribution is 5.98. The number of nitrogens with one attached hydrogen (secondary N) is 2. The quantitative estimate of drug-likeness (QED) is 0.883. The average molecular weight is 275 g/mol. The molecule has 2 aliphatic rings. The Kier molecular flexibility index (Phi) is 3.87. The van der Waals surface area contributed by atoms with Gasteiger partial charge in [0.2, 0.25) is 0 Å². The van der Waals surface area contributed by atoms with Gasteiger partial charge in [-0.1, -0.05) is 0 Å². The number of carbonyl (C=O) groups is 1. The third kappa shape index (κ3) is 2.50. The second kappa shape index (κ2) is 5.79. The molecule has 1 aliphatic carbocycles. The standard InChI is InChI=1S/C15H21N3O2/c1-16-15(19)11-4-3-8-17-14(11)18-12-5-2-6-13-10(12)7-9-20-13/h3-4,8,10,12-13H,2,5-7,9H2,1H3,(H,16,19)(H,17,18)/t10-,12-,13-/m1/s1. The largest absolute Gasteiger partial charge is 0.378 e. The minimum atomic E-state index is -0.101. The Hall–Kier alpha value is -1.62. The first kappa shape index (κ1) is 13.4. The molecule has 0 unspecified atom stereocenters. The third-order valence-corrected chi connectivity index (χ3v) is 4.38. The predicted molar refractivity (Wildman–Crippen MR) is 76.7 cm³/mol. The summed E-state index contributed by atoms with van der Waals surface area (Å²) >= 11 is 0. The molecule has 1 saturated carbocycles. The van der Waals surface area contributed by atoms with Crippen molar-refractivity contribution in [3.05, 3.63) is 23.9 Å². The summed E-state index contributed by atoms with van der Waals surface area (Å²) in [4.78, 5) is 16.2. The summed E-state index contributed by atoms with van der Waals surface area (Å²) < 4.78 is 5.78. The van der Waals surface area contributed by atoms with Gasteiger partial charge in [0.1, 0.15) is 5.82 Å². The normalized spacial score (nSPS) is 28.8. The smallest absolute Gasteiger partial charge is 0.254 e. The number of ether oxygens (including phenoxy) is 1. The summed E-state index contributed by atoms with van der Waals surface area (Å²) in [6, 6.07) is 3.95. The molecule has 1 amide bonds. The van der Waals surface area contributed by atoms with Crippen LogP contribution in [0.5, 0.6) is 0 Å². The van der Waals surface area contributed by atoms with Crippen LogP contribution in [-0.2, 0) is 4.74 Å². The maximum absolute atomic E-state index is 11.9. The van der Waals surface area contributed by atoms with Gasteiger partial charge in [0.25, 0.3) is 5.91 Å². The van der Waals surface area contributed by atoms with Gasteiger partial charge in [-0.2, -0.15) is 0 Å². The van der Waals surface area contributed by atoms with Crippen molar-refractivity contribution in [3.8, 4) is 0 Å². The molecule has 0 spiro atoms. The van der Waals surface area contributed by atoms with Crippen LogP contribution >= 0.6 is 0 Å². The van der Waals surface area contributed by atoms with Crippen molar-refractivity contribution in [1.29, 1.82) is 0 Å². The van der Waals surface area contributed by atoms with E-state index in [9.17, 15) is 4.79 Å². The molecule has 108 valence electrons. The summed E-state index contributed by atoms with van der Waals surface area (Å²) in [6.07, 6.45) is 6.65. The van der Waals surface area contributed by atoms with E-state index in [0.717, 1.165) is 25.9 Å². The van der Waals surface area contributed by atoms with Gasteiger partial charge >= 0.3 is 0 Å². The van der Waals surface area contributed by atoms with Crippen molar-refractivity contribution >= 4 is 11.7 Å². The molecule has 2 N–H and O–H groups in total. The van der Waals surface area contributed by atoms with E-state index in [2.05, 4.69) is 15.6 Å². The molecular formula is C15H21N3O2. The lowest BCUT2D eigenvalue weighted by Gasteiger charge is -2.33. The van der Waals surface area contributed by atoms with Crippen molar-refractivity contribution in [2.45, 2.75) is 37.8 Å². The van der Waals surface area contributed by atoms with Gasteiger partial charge in [0, 0.05) is 31.8 Å². The highest BCUT2D eigenvalue weighted by Gasteiger charge is 2.38. The molecule has 0 bridgehead atoms. The van der Waals surface area contributed by atoms with Crippen LogP contribution in [0.15, 0.2) is 18.3 Å². The van der Waals surface area contributed by atoms with Gasteiger partial charge in [-0.15, -0.1) is 0 Å². The van der Waals surface area contributed by atoms with Crippen LogP contribution in [0.25, 0.3) is 0 Å². The Labute approximate surface area is 119 Å². The third-order valence-electron chi connectivity index (χ3n) is 4.38. The second-order valence-electron chi connectivity index (χ2n) is 5.52. The number of amides is 1. The number of hydrogen-bond acceptors (Lipinski definition) is 4. The van der Waals surface area contributed by atoms with Crippen LogP contribution < -0.4 is 10.6 Å². The van der Waals surface area contributed by atoms with Crippen LogP contribution in [0.3, 0.4) is 0 Å². The van der Waals surface area contributed by atoms with E-state index in [-0.39, 0.29) is 5.91 Å². The molecule has 20 heavy (non-hydrogen) atoms. The summed E-state index contributed by atoms with van der Waals surface area (Å²) in [5.41, 5.74) is 0.607. The molecule has 3 atom stereocenters. The van der Waals surface area contributed by atoms with Crippen molar-refractivity contribution in [2.75, 3.05) is 19.0 Å². The highest BCUT2D eigenvalue weighted by Crippen LogP contribution is 2.36. The molecular weight excluding hydrogens is 254 g/mol. The second-order valence-corrected chi connectivity index (χ2v) is 5.52. The fraction of sp³-hybridized carbons (Fsp3) is 0.600. The van der Waals surface area contributed by atoms with E-state index in [1.807, 2.05) is 0 Å². The first-order chi connectivity index (χ1) is 9.79. The molecule has 0 aromatic carbocycles. The molecule has 2 heterocycles. The molecule has 5 nitrogen and oxygen atoms in total. The highest BCUT2D eigenvalue weighted by atomic mass is 16.5. The number of anilines is 1. The van der Waals surface area contributed by atoms with E-state index >= 15 is 0 Å². The number of pyridine rings is 1. The first-order valence-corrected chi connectivity index (χ1v) is 7.35. The Bertz CT molecular complexity index is 492. The Morgan fingerprint density at radius 2 is 2.30 bits per heavy atom. The zero-order valence-electron chi connectivity index (χ0n) is 11.8. The van der Waals surface area contributed by atoms with E-state index in [1.165, 1.54) is 6.42 Å². The summed E-state index contributed by atoms with van der Waals surface area (Å²) in [6.45, 7) is 0.859. The van der Waals surface area contributed by atoms with Crippen LogP contribution in [-0.4, -0.2) is 36.7 Å². The predicted octanol–water partition coefficient (Wildman–Crippen LogP) is 1.81. The van der Waals surface area contributed by atoms with Crippen LogP contribution in [0.2, 0.25) is 0 Å². The van der Waals surface area contributed by atoms with Gasteiger partial charge < -0.3 is 15.4 Å². The van der Waals surface area contributed by atoms with Gasteiger partial charge in [-0.05, 0) is 37.8 Å². The Balaban J connectivity index is 1.78. The summed E-state index contributed by atoms with van der Waals surface area (Å²) in [5.74, 6) is 1.13. The zero-order valence-corrected chi connectivity index (χ0v) is 11.8. The van der Waals surface area contributed by atoms with Crippen LogP contribution in [0.1, 0.15) is 36.0 Å². The van der Waals surface area contributed by atoms with Crippen molar-refractivity contribution < 1.29 is 9.53 Å². The van der Waals surface area contributed by atoms with Gasteiger partial charge in [0.05, 0.1) is 11.7 Å². The number of rotatable bonds is 3. The fourth-order valence-corrected chi connectivity index (χ4v) is 3.37. The molecule has 1 saturated heterocycles. The van der Waals surface area contributed by atoms with Crippen molar-refractivity contribution in [1.82, 2.24) is 10.3 Å². The molecule has 2 fully saturated rings.